The van der Waals surface area contributed by atoms with Crippen molar-refractivity contribution in [3.05, 3.63) is 79.9 Å². The third kappa shape index (κ3) is 3.10. The first-order chi connectivity index (χ1) is 12.5. The summed E-state index contributed by atoms with van der Waals surface area (Å²) in [6, 6.07) is 18.8. The first kappa shape index (κ1) is 18.1. The van der Waals surface area contributed by atoms with Crippen LogP contribution in [0.2, 0.25) is 19.1 Å². The van der Waals surface area contributed by atoms with E-state index in [0.717, 1.165) is 22.8 Å². The van der Waals surface area contributed by atoms with Gasteiger partial charge in [-0.3, -0.25) is 0 Å². The lowest BCUT2D eigenvalue weighted by atomic mass is 10.3. The van der Waals surface area contributed by atoms with Crippen LogP contribution in [0.4, 0.5) is 0 Å². The molecule has 1 atom stereocenters. The number of ether oxygens (including phenoxy) is 1. The van der Waals surface area contributed by atoms with E-state index in [1.165, 1.54) is 0 Å². The van der Waals surface area contributed by atoms with Gasteiger partial charge >= 0.3 is 0 Å². The fourth-order valence-corrected chi connectivity index (χ4v) is 6.28. The largest absolute Gasteiger partial charge is 0.470 e. The normalized spacial score (nSPS) is 13.9. The highest BCUT2D eigenvalue weighted by atomic mass is 28.3. The molecule has 0 amide bonds. The van der Waals surface area contributed by atoms with Crippen LogP contribution in [0, 0.1) is 0 Å². The summed E-state index contributed by atoms with van der Waals surface area (Å²) in [6.07, 6.45) is 4.54. The Bertz CT molecular complexity index is 904. The summed E-state index contributed by atoms with van der Waals surface area (Å²) < 4.78 is 8.68. The number of hydrogen-bond donors (Lipinski definition) is 0. The highest BCUT2D eigenvalue weighted by Gasteiger charge is 2.51. The van der Waals surface area contributed by atoms with Crippen LogP contribution in [0.3, 0.4) is 0 Å². The van der Waals surface area contributed by atoms with Gasteiger partial charge in [0.25, 0.3) is 0 Å². The summed E-state index contributed by atoms with van der Waals surface area (Å²) >= 11 is 0. The maximum absolute atomic E-state index is 6.72. The van der Waals surface area contributed by atoms with E-state index in [1.54, 1.807) is 0 Å². The predicted molar refractivity (Wildman–Crippen MR) is 110 cm³/mol. The van der Waals surface area contributed by atoms with E-state index in [2.05, 4.69) is 36.6 Å². The standard InChI is InChI=1S/C21H25N3OSi/c1-5-16-21(26(3,4)17-6-2,25-18-12-8-7-9-13-18)24-20-15-11-10-14-19(20)22-23-24/h5-15H,1-2,16-17H2,3-4H3. The molecule has 1 heterocycles. The Morgan fingerprint density at radius 2 is 1.73 bits per heavy atom. The zero-order valence-corrected chi connectivity index (χ0v) is 16.4. The van der Waals surface area contributed by atoms with Gasteiger partial charge < -0.3 is 4.74 Å². The average Bonchev–Trinajstić information content (AvgIpc) is 3.06. The van der Waals surface area contributed by atoms with Crippen molar-refractivity contribution in [2.45, 2.75) is 30.9 Å². The van der Waals surface area contributed by atoms with Crippen molar-refractivity contribution in [1.29, 1.82) is 0 Å². The molecule has 3 aromatic rings. The summed E-state index contributed by atoms with van der Waals surface area (Å²) in [5.74, 6) is 0.818. The molecule has 0 radical (unpaired) electrons. The molecule has 0 aliphatic carbocycles. The molecule has 4 nitrogen and oxygen atoms in total. The van der Waals surface area contributed by atoms with Crippen molar-refractivity contribution in [3.8, 4) is 5.75 Å². The average molecular weight is 364 g/mol. The fourth-order valence-electron chi connectivity index (χ4n) is 3.41. The van der Waals surface area contributed by atoms with Gasteiger partial charge in [-0.15, -0.1) is 18.3 Å². The molecular formula is C21H25N3OSi. The molecule has 134 valence electrons. The molecule has 5 heteroatoms. The number of fused-ring (bicyclic) bond motifs is 1. The van der Waals surface area contributed by atoms with Gasteiger partial charge in [-0.1, -0.05) is 60.8 Å². The van der Waals surface area contributed by atoms with Crippen molar-refractivity contribution in [2.75, 3.05) is 0 Å². The lowest BCUT2D eigenvalue weighted by Gasteiger charge is -2.44. The van der Waals surface area contributed by atoms with Gasteiger partial charge in [0.05, 0.1) is 5.52 Å². The van der Waals surface area contributed by atoms with Crippen LogP contribution >= 0.6 is 0 Å². The zero-order chi connectivity index (χ0) is 18.6. The lowest BCUT2D eigenvalue weighted by Crippen LogP contribution is -2.59. The maximum atomic E-state index is 6.72. The summed E-state index contributed by atoms with van der Waals surface area (Å²) in [6.45, 7) is 12.6. The number of hydrogen-bond acceptors (Lipinski definition) is 3. The van der Waals surface area contributed by atoms with Gasteiger partial charge in [-0.2, -0.15) is 0 Å². The number of rotatable bonds is 8. The fraction of sp³-hybridized carbons (Fsp3) is 0.238. The topological polar surface area (TPSA) is 39.9 Å². The van der Waals surface area contributed by atoms with Crippen molar-refractivity contribution in [2.24, 2.45) is 0 Å². The van der Waals surface area contributed by atoms with E-state index in [9.17, 15) is 0 Å². The third-order valence-electron chi connectivity index (χ3n) is 4.86. The summed E-state index contributed by atoms with van der Waals surface area (Å²) in [4.78, 5) is 0. The van der Waals surface area contributed by atoms with Crippen LogP contribution in [0.25, 0.3) is 11.0 Å². The van der Waals surface area contributed by atoms with Gasteiger partial charge in [-0.25, -0.2) is 4.68 Å². The number of para-hydroxylation sites is 2. The van der Waals surface area contributed by atoms with Gasteiger partial charge in [0, 0.05) is 6.42 Å². The molecule has 1 unspecified atom stereocenters. The smallest absolute Gasteiger partial charge is 0.189 e. The van der Waals surface area contributed by atoms with Crippen LogP contribution in [0.1, 0.15) is 6.42 Å². The van der Waals surface area contributed by atoms with E-state index in [1.807, 2.05) is 71.4 Å². The third-order valence-corrected chi connectivity index (χ3v) is 8.80. The van der Waals surface area contributed by atoms with E-state index in [0.29, 0.717) is 6.42 Å². The Hall–Kier alpha value is -2.66. The van der Waals surface area contributed by atoms with Crippen LogP contribution in [-0.2, 0) is 5.35 Å². The van der Waals surface area contributed by atoms with Crippen LogP contribution in [0.5, 0.6) is 5.75 Å². The van der Waals surface area contributed by atoms with E-state index in [4.69, 9.17) is 4.74 Å². The van der Waals surface area contributed by atoms with Gasteiger partial charge in [-0.05, 0) is 30.3 Å². The molecule has 0 aliphatic heterocycles. The lowest BCUT2D eigenvalue weighted by molar-refractivity contribution is 0.0594. The molecule has 0 N–H and O–H groups in total. The Labute approximate surface area is 155 Å². The molecule has 0 saturated heterocycles. The highest BCUT2D eigenvalue weighted by molar-refractivity contribution is 6.79. The number of allylic oxidation sites excluding steroid dienone is 1. The van der Waals surface area contributed by atoms with Crippen molar-refractivity contribution >= 4 is 19.1 Å². The quantitative estimate of drug-likeness (QED) is 0.409. The van der Waals surface area contributed by atoms with E-state index in [-0.39, 0.29) is 0 Å². The molecule has 0 aliphatic rings. The van der Waals surface area contributed by atoms with Gasteiger partial charge in [0.2, 0.25) is 0 Å². The number of aromatic nitrogens is 3. The summed E-state index contributed by atoms with van der Waals surface area (Å²) in [7, 11) is -2.06. The van der Waals surface area contributed by atoms with Crippen molar-refractivity contribution < 1.29 is 4.74 Å². The second kappa shape index (κ2) is 7.29. The highest BCUT2D eigenvalue weighted by Crippen LogP contribution is 2.39. The van der Waals surface area contributed by atoms with Crippen molar-refractivity contribution in [3.63, 3.8) is 0 Å². The van der Waals surface area contributed by atoms with Gasteiger partial charge in [0.1, 0.15) is 19.3 Å². The van der Waals surface area contributed by atoms with E-state index < -0.39 is 13.4 Å². The molecule has 0 fully saturated rings. The maximum Gasteiger partial charge on any atom is 0.189 e. The molecule has 1 aromatic heterocycles. The summed E-state index contributed by atoms with van der Waals surface area (Å²) in [5, 5.41) is 8.25. The molecule has 0 spiro atoms. The Balaban J connectivity index is 2.25. The Morgan fingerprint density at radius 1 is 1.04 bits per heavy atom. The van der Waals surface area contributed by atoms with Crippen LogP contribution in [-0.4, -0.2) is 23.1 Å². The van der Waals surface area contributed by atoms with Crippen LogP contribution in [0.15, 0.2) is 79.9 Å². The molecule has 2 aromatic carbocycles. The Kier molecular flexibility index (Phi) is 5.09. The van der Waals surface area contributed by atoms with Crippen LogP contribution < -0.4 is 4.74 Å². The number of nitrogens with zero attached hydrogens (tertiary/aromatic N) is 3. The SMILES string of the molecule is C=CCC(Oc1ccccc1)(n1nnc2ccccc21)[Si](C)(C)CC=C. The summed E-state index contributed by atoms with van der Waals surface area (Å²) in [5.41, 5.74) is 1.83. The molecule has 0 bridgehead atoms. The minimum atomic E-state index is -2.06. The minimum Gasteiger partial charge on any atom is -0.470 e. The molecular weight excluding hydrogens is 338 g/mol. The predicted octanol–water partition coefficient (Wildman–Crippen LogP) is 5.17. The molecule has 0 saturated carbocycles. The second-order valence-electron chi connectivity index (χ2n) is 7.06. The van der Waals surface area contributed by atoms with E-state index >= 15 is 0 Å². The second-order valence-corrected chi connectivity index (χ2v) is 12.0. The molecule has 26 heavy (non-hydrogen) atoms. The van der Waals surface area contributed by atoms with Gasteiger partial charge in [0.15, 0.2) is 5.35 Å². The monoisotopic (exact) mass is 363 g/mol. The number of benzene rings is 2. The zero-order valence-electron chi connectivity index (χ0n) is 15.4. The van der Waals surface area contributed by atoms with Crippen molar-refractivity contribution in [1.82, 2.24) is 15.0 Å². The molecule has 3 rings (SSSR count). The first-order valence-electron chi connectivity index (χ1n) is 8.81. The first-order valence-corrected chi connectivity index (χ1v) is 12.0. The Morgan fingerprint density at radius 3 is 2.42 bits per heavy atom. The minimum absolute atomic E-state index is 0.641.